The maximum Gasteiger partial charge on any atom is 0.326 e. The fourth-order valence-electron chi connectivity index (χ4n) is 2.01. The second kappa shape index (κ2) is 4.86. The Morgan fingerprint density at radius 2 is 1.72 bits per heavy atom. The number of carbonyl (C=O) groups is 3. The van der Waals surface area contributed by atoms with Crippen molar-refractivity contribution >= 4 is 27.0 Å². The van der Waals surface area contributed by atoms with Crippen molar-refractivity contribution in [3.05, 3.63) is 35.4 Å². The van der Waals surface area contributed by atoms with Crippen molar-refractivity contribution in [3.8, 4) is 0 Å². The molecule has 1 N–H and O–H groups in total. The van der Waals surface area contributed by atoms with E-state index in [0.29, 0.717) is 6.16 Å². The second-order valence-electron chi connectivity index (χ2n) is 3.96. The maximum absolute atomic E-state index is 12.1. The zero-order valence-electron chi connectivity index (χ0n) is 9.50. The Bertz CT molecular complexity index is 494. The summed E-state index contributed by atoms with van der Waals surface area (Å²) in [7, 11) is 2.40. The van der Waals surface area contributed by atoms with Crippen LogP contribution < -0.4 is 0 Å². The number of carbonyl (C=O) groups excluding carboxylic acids is 2. The van der Waals surface area contributed by atoms with Gasteiger partial charge < -0.3 is 5.11 Å². The number of aliphatic carboxylic acids is 1. The van der Waals surface area contributed by atoms with Crippen LogP contribution in [0.3, 0.4) is 0 Å². The lowest BCUT2D eigenvalue weighted by atomic mass is 10.1. The summed E-state index contributed by atoms with van der Waals surface area (Å²) >= 11 is 0. The number of benzene rings is 1. The largest absolute Gasteiger partial charge is 0.480 e. The molecule has 18 heavy (non-hydrogen) atoms. The van der Waals surface area contributed by atoms with Crippen molar-refractivity contribution in [2.75, 3.05) is 6.16 Å². The zero-order valence-corrected chi connectivity index (χ0v) is 10.7. The van der Waals surface area contributed by atoms with Gasteiger partial charge >= 0.3 is 5.97 Å². The smallest absolute Gasteiger partial charge is 0.326 e. The van der Waals surface area contributed by atoms with E-state index in [1.807, 2.05) is 0 Å². The third-order valence-corrected chi connectivity index (χ3v) is 3.20. The molecule has 0 aliphatic carbocycles. The summed E-state index contributed by atoms with van der Waals surface area (Å²) in [6, 6.07) is 5.28. The summed E-state index contributed by atoms with van der Waals surface area (Å²) in [5, 5.41) is 9.12. The van der Waals surface area contributed by atoms with Gasteiger partial charge in [-0.2, -0.15) is 0 Å². The van der Waals surface area contributed by atoms with Crippen LogP contribution in [-0.4, -0.2) is 40.0 Å². The Morgan fingerprint density at radius 3 is 2.11 bits per heavy atom. The molecule has 2 amide bonds. The first-order valence-corrected chi connectivity index (χ1v) is 6.29. The van der Waals surface area contributed by atoms with Crippen LogP contribution in [0.2, 0.25) is 0 Å². The number of amides is 2. The molecular weight excluding hydrogens is 253 g/mol. The van der Waals surface area contributed by atoms with Crippen LogP contribution in [0.5, 0.6) is 0 Å². The molecule has 2 atom stereocenters. The molecule has 1 heterocycles. The molecule has 1 aromatic rings. The molecule has 2 unspecified atom stereocenters. The number of carboxylic acids is 1. The standard InChI is InChI=1S/C12H12NO4P/c14-10-7-3-1-2-4-8(7)11(15)13(10)9(5-6-18)12(16)17/h1-4,9H,5-6,18H2,(H,16,17). The van der Waals surface area contributed by atoms with E-state index in [0.717, 1.165) is 4.90 Å². The average Bonchev–Trinajstić information content (AvgIpc) is 2.60. The topological polar surface area (TPSA) is 74.7 Å². The molecule has 6 heteroatoms. The van der Waals surface area contributed by atoms with Crippen molar-refractivity contribution in [1.82, 2.24) is 4.90 Å². The van der Waals surface area contributed by atoms with E-state index in [1.54, 1.807) is 12.1 Å². The molecule has 0 aromatic heterocycles. The van der Waals surface area contributed by atoms with Gasteiger partial charge in [-0.05, 0) is 24.7 Å². The molecule has 0 fully saturated rings. The van der Waals surface area contributed by atoms with E-state index in [9.17, 15) is 14.4 Å². The van der Waals surface area contributed by atoms with Crippen LogP contribution in [0.4, 0.5) is 0 Å². The highest BCUT2D eigenvalue weighted by atomic mass is 31.0. The molecule has 1 aromatic carbocycles. The van der Waals surface area contributed by atoms with E-state index in [1.165, 1.54) is 12.1 Å². The Labute approximate surface area is 106 Å². The fourth-order valence-corrected chi connectivity index (χ4v) is 2.33. The van der Waals surface area contributed by atoms with Crippen LogP contribution in [0.25, 0.3) is 0 Å². The van der Waals surface area contributed by atoms with E-state index in [2.05, 4.69) is 9.24 Å². The average molecular weight is 265 g/mol. The lowest BCUT2D eigenvalue weighted by molar-refractivity contribution is -0.141. The summed E-state index contributed by atoms with van der Waals surface area (Å²) in [5.41, 5.74) is 0.551. The summed E-state index contributed by atoms with van der Waals surface area (Å²) in [4.78, 5) is 36.1. The van der Waals surface area contributed by atoms with Gasteiger partial charge in [0.1, 0.15) is 6.04 Å². The minimum Gasteiger partial charge on any atom is -0.480 e. The van der Waals surface area contributed by atoms with Crippen molar-refractivity contribution in [1.29, 1.82) is 0 Å². The molecule has 2 rings (SSSR count). The van der Waals surface area contributed by atoms with Gasteiger partial charge in [0.05, 0.1) is 11.1 Å². The van der Waals surface area contributed by atoms with E-state index in [4.69, 9.17) is 5.11 Å². The third-order valence-electron chi connectivity index (χ3n) is 2.86. The highest BCUT2D eigenvalue weighted by Gasteiger charge is 2.42. The molecule has 0 saturated heterocycles. The van der Waals surface area contributed by atoms with Gasteiger partial charge in [-0.25, -0.2) is 4.79 Å². The van der Waals surface area contributed by atoms with Crippen LogP contribution in [-0.2, 0) is 4.79 Å². The Kier molecular flexibility index (Phi) is 3.43. The SMILES string of the molecule is O=C(O)C(CCP)N1C(=O)c2ccccc2C1=O. The van der Waals surface area contributed by atoms with Crippen LogP contribution in [0.15, 0.2) is 24.3 Å². The second-order valence-corrected chi connectivity index (χ2v) is 4.53. The number of hydrogen-bond acceptors (Lipinski definition) is 3. The minimum absolute atomic E-state index is 0.228. The third kappa shape index (κ3) is 1.91. The monoisotopic (exact) mass is 265 g/mol. The van der Waals surface area contributed by atoms with Crippen molar-refractivity contribution < 1.29 is 19.5 Å². The van der Waals surface area contributed by atoms with Crippen LogP contribution >= 0.6 is 9.24 Å². The minimum atomic E-state index is -1.16. The molecule has 0 bridgehead atoms. The van der Waals surface area contributed by atoms with Gasteiger partial charge in [0.15, 0.2) is 0 Å². The highest BCUT2D eigenvalue weighted by molar-refractivity contribution is 7.16. The molecule has 0 saturated carbocycles. The first kappa shape index (κ1) is 12.7. The molecule has 5 nitrogen and oxygen atoms in total. The van der Waals surface area contributed by atoms with Crippen LogP contribution in [0, 0.1) is 0 Å². The summed E-state index contributed by atoms with van der Waals surface area (Å²) in [6.45, 7) is 0. The Balaban J connectivity index is 2.41. The molecule has 0 spiro atoms. The predicted octanol–water partition coefficient (Wildman–Crippen LogP) is 1.00. The van der Waals surface area contributed by atoms with E-state index < -0.39 is 23.8 Å². The van der Waals surface area contributed by atoms with Crippen molar-refractivity contribution in [3.63, 3.8) is 0 Å². The van der Waals surface area contributed by atoms with Gasteiger partial charge in [-0.3, -0.25) is 14.5 Å². The number of imide groups is 1. The Hall–Kier alpha value is -1.74. The molecule has 1 aliphatic heterocycles. The van der Waals surface area contributed by atoms with Gasteiger partial charge in [0.25, 0.3) is 11.8 Å². The molecular formula is C12H12NO4P. The van der Waals surface area contributed by atoms with Crippen molar-refractivity contribution in [2.45, 2.75) is 12.5 Å². The predicted molar refractivity (Wildman–Crippen MR) is 67.6 cm³/mol. The van der Waals surface area contributed by atoms with Gasteiger partial charge in [-0.1, -0.05) is 12.1 Å². The number of nitrogens with zero attached hydrogens (tertiary/aromatic N) is 1. The molecule has 94 valence electrons. The lowest BCUT2D eigenvalue weighted by Crippen LogP contribution is -2.45. The quantitative estimate of drug-likeness (QED) is 0.651. The first-order chi connectivity index (χ1) is 8.57. The van der Waals surface area contributed by atoms with Gasteiger partial charge in [0.2, 0.25) is 0 Å². The molecule has 1 aliphatic rings. The fraction of sp³-hybridized carbons (Fsp3) is 0.250. The first-order valence-electron chi connectivity index (χ1n) is 5.47. The normalized spacial score (nSPS) is 15.7. The van der Waals surface area contributed by atoms with E-state index >= 15 is 0 Å². The zero-order chi connectivity index (χ0) is 13.3. The summed E-state index contributed by atoms with van der Waals surface area (Å²) in [5.74, 6) is -2.21. The number of hydrogen-bond donors (Lipinski definition) is 1. The van der Waals surface area contributed by atoms with E-state index in [-0.39, 0.29) is 17.5 Å². The van der Waals surface area contributed by atoms with Gasteiger partial charge in [-0.15, -0.1) is 9.24 Å². The summed E-state index contributed by atoms with van der Waals surface area (Å²) < 4.78 is 0. The Morgan fingerprint density at radius 1 is 1.22 bits per heavy atom. The number of fused-ring (bicyclic) bond motifs is 1. The summed E-state index contributed by atoms with van der Waals surface area (Å²) in [6.07, 6.45) is 0.732. The number of carboxylic acid groups (broad SMARTS) is 1. The molecule has 0 radical (unpaired) electrons. The highest BCUT2D eigenvalue weighted by Crippen LogP contribution is 2.25. The van der Waals surface area contributed by atoms with Gasteiger partial charge in [0, 0.05) is 0 Å². The lowest BCUT2D eigenvalue weighted by Gasteiger charge is -2.21. The van der Waals surface area contributed by atoms with Crippen LogP contribution in [0.1, 0.15) is 27.1 Å². The van der Waals surface area contributed by atoms with Crippen molar-refractivity contribution in [2.24, 2.45) is 0 Å². The maximum atomic E-state index is 12.1. The number of rotatable bonds is 4.